The Kier molecular flexibility index (Phi) is 4.03. The maximum Gasteiger partial charge on any atom is 0.242 e. The van der Waals surface area contributed by atoms with Crippen LogP contribution in [0.5, 0.6) is 0 Å². The van der Waals surface area contributed by atoms with Crippen LogP contribution in [-0.4, -0.2) is 39.4 Å². The van der Waals surface area contributed by atoms with Crippen molar-refractivity contribution in [2.45, 2.75) is 38.4 Å². The first-order valence-corrected chi connectivity index (χ1v) is 8.75. The molecule has 3 heterocycles. The minimum Gasteiger partial charge on any atom is -0.357 e. The Morgan fingerprint density at radius 1 is 1.20 bits per heavy atom. The Morgan fingerprint density at radius 2 is 2.00 bits per heavy atom. The fraction of sp³-hybridized carbons (Fsp3) is 0.421. The highest BCUT2D eigenvalue weighted by Crippen LogP contribution is 2.28. The summed E-state index contributed by atoms with van der Waals surface area (Å²) in [4.78, 5) is 31.6. The van der Waals surface area contributed by atoms with Gasteiger partial charge in [-0.3, -0.25) is 9.59 Å². The molecule has 1 aromatic carbocycles. The Morgan fingerprint density at radius 3 is 2.80 bits per heavy atom. The molecule has 0 aliphatic carbocycles. The number of nitrogens with zero attached hydrogens (tertiary/aromatic N) is 3. The van der Waals surface area contributed by atoms with Crippen molar-refractivity contribution in [3.05, 3.63) is 53.6 Å². The highest BCUT2D eigenvalue weighted by Gasteiger charge is 2.37. The Labute approximate surface area is 146 Å². The van der Waals surface area contributed by atoms with Gasteiger partial charge in [-0.1, -0.05) is 24.3 Å². The van der Waals surface area contributed by atoms with Crippen molar-refractivity contribution >= 4 is 11.8 Å². The SMILES string of the molecule is CNC(=O)[C@@H]1Cc2ccccc2CN1C(=O)C1CCn2cncc2C1. The van der Waals surface area contributed by atoms with Crippen molar-refractivity contribution < 1.29 is 9.59 Å². The molecular formula is C19H22N4O2. The minimum atomic E-state index is -0.431. The molecule has 0 bridgehead atoms. The topological polar surface area (TPSA) is 67.2 Å². The molecule has 6 heteroatoms. The van der Waals surface area contributed by atoms with Crippen LogP contribution in [0, 0.1) is 5.92 Å². The van der Waals surface area contributed by atoms with Gasteiger partial charge in [-0.2, -0.15) is 0 Å². The number of amides is 2. The molecule has 0 fully saturated rings. The van der Waals surface area contributed by atoms with Crippen LogP contribution in [0.2, 0.25) is 0 Å². The van der Waals surface area contributed by atoms with Crippen LogP contribution in [0.25, 0.3) is 0 Å². The predicted molar refractivity (Wildman–Crippen MR) is 92.6 cm³/mol. The number of fused-ring (bicyclic) bond motifs is 2. The summed E-state index contributed by atoms with van der Waals surface area (Å²) in [7, 11) is 1.63. The summed E-state index contributed by atoms with van der Waals surface area (Å²) in [6.07, 6.45) is 5.71. The number of rotatable bonds is 2. The van der Waals surface area contributed by atoms with Gasteiger partial charge in [0, 0.05) is 50.8 Å². The molecule has 2 aromatic rings. The average molecular weight is 338 g/mol. The highest BCUT2D eigenvalue weighted by molar-refractivity contribution is 5.89. The second kappa shape index (κ2) is 6.35. The molecule has 2 aliphatic rings. The fourth-order valence-corrected chi connectivity index (χ4v) is 3.97. The maximum absolute atomic E-state index is 13.2. The van der Waals surface area contributed by atoms with Gasteiger partial charge in [-0.25, -0.2) is 4.98 Å². The van der Waals surface area contributed by atoms with Gasteiger partial charge in [0.1, 0.15) is 6.04 Å². The molecule has 25 heavy (non-hydrogen) atoms. The zero-order chi connectivity index (χ0) is 17.4. The first-order valence-electron chi connectivity index (χ1n) is 8.75. The Bertz CT molecular complexity index is 813. The monoisotopic (exact) mass is 338 g/mol. The number of aryl methyl sites for hydroxylation is 1. The summed E-state index contributed by atoms with van der Waals surface area (Å²) < 4.78 is 2.10. The van der Waals surface area contributed by atoms with Gasteiger partial charge in [0.05, 0.1) is 6.33 Å². The fourth-order valence-electron chi connectivity index (χ4n) is 3.97. The number of carbonyl (C=O) groups excluding carboxylic acids is 2. The number of imidazole rings is 1. The third-order valence-corrected chi connectivity index (χ3v) is 5.40. The summed E-state index contributed by atoms with van der Waals surface area (Å²) >= 11 is 0. The van der Waals surface area contributed by atoms with Gasteiger partial charge in [0.15, 0.2) is 0 Å². The maximum atomic E-state index is 13.2. The lowest BCUT2D eigenvalue weighted by atomic mass is 9.89. The zero-order valence-corrected chi connectivity index (χ0v) is 14.3. The molecular weight excluding hydrogens is 316 g/mol. The van der Waals surface area contributed by atoms with Crippen LogP contribution in [-0.2, 0) is 35.5 Å². The standard InChI is InChI=1S/C19H22N4O2/c1-20-18(24)17-9-13-4-2-3-5-15(13)11-23(17)19(25)14-6-7-22-12-21-10-16(22)8-14/h2-5,10,12,14,17H,6-9,11H2,1H3,(H,20,24)/t14?,17-/m0/s1. The van der Waals surface area contributed by atoms with E-state index >= 15 is 0 Å². The van der Waals surface area contributed by atoms with Crippen LogP contribution in [0.4, 0.5) is 0 Å². The largest absolute Gasteiger partial charge is 0.357 e. The first-order chi connectivity index (χ1) is 12.2. The molecule has 0 saturated heterocycles. The van der Waals surface area contributed by atoms with E-state index in [0.29, 0.717) is 19.4 Å². The summed E-state index contributed by atoms with van der Waals surface area (Å²) in [5, 5.41) is 2.72. The van der Waals surface area contributed by atoms with Crippen molar-refractivity contribution in [3.63, 3.8) is 0 Å². The quantitative estimate of drug-likeness (QED) is 0.893. The summed E-state index contributed by atoms with van der Waals surface area (Å²) in [5.41, 5.74) is 3.39. The van der Waals surface area contributed by atoms with Crippen molar-refractivity contribution in [2.24, 2.45) is 5.92 Å². The van der Waals surface area contributed by atoms with Gasteiger partial charge < -0.3 is 14.8 Å². The number of hydrogen-bond acceptors (Lipinski definition) is 3. The number of hydrogen-bond donors (Lipinski definition) is 1. The lowest BCUT2D eigenvalue weighted by Gasteiger charge is -2.38. The second-order valence-electron chi connectivity index (χ2n) is 6.84. The third-order valence-electron chi connectivity index (χ3n) is 5.40. The van der Waals surface area contributed by atoms with Crippen LogP contribution < -0.4 is 5.32 Å². The van der Waals surface area contributed by atoms with E-state index in [9.17, 15) is 9.59 Å². The molecule has 0 saturated carbocycles. The molecule has 1 unspecified atom stereocenters. The van der Waals surface area contributed by atoms with Crippen molar-refractivity contribution in [1.29, 1.82) is 0 Å². The molecule has 2 aliphatic heterocycles. The first kappa shape index (κ1) is 15.9. The molecule has 130 valence electrons. The third kappa shape index (κ3) is 2.81. The molecule has 0 spiro atoms. The molecule has 2 amide bonds. The van der Waals surface area contributed by atoms with Crippen molar-refractivity contribution in [1.82, 2.24) is 19.8 Å². The molecule has 1 aromatic heterocycles. The van der Waals surface area contributed by atoms with E-state index in [1.54, 1.807) is 11.9 Å². The van der Waals surface area contributed by atoms with E-state index in [4.69, 9.17) is 0 Å². The number of nitrogens with one attached hydrogen (secondary N) is 1. The van der Waals surface area contributed by atoms with Gasteiger partial charge in [0.25, 0.3) is 0 Å². The Balaban J connectivity index is 1.60. The lowest BCUT2D eigenvalue weighted by molar-refractivity contribution is -0.145. The average Bonchev–Trinajstić information content (AvgIpc) is 3.13. The van der Waals surface area contributed by atoms with Gasteiger partial charge in [0.2, 0.25) is 11.8 Å². The van der Waals surface area contributed by atoms with Crippen LogP contribution in [0.15, 0.2) is 36.8 Å². The van der Waals surface area contributed by atoms with Crippen molar-refractivity contribution in [3.8, 4) is 0 Å². The predicted octanol–water partition coefficient (Wildman–Crippen LogP) is 1.14. The summed E-state index contributed by atoms with van der Waals surface area (Å²) in [5.74, 6) is -0.0964. The van der Waals surface area contributed by atoms with E-state index in [2.05, 4.69) is 14.9 Å². The zero-order valence-electron chi connectivity index (χ0n) is 14.3. The van der Waals surface area contributed by atoms with Crippen molar-refractivity contribution in [2.75, 3.05) is 7.05 Å². The summed E-state index contributed by atoms with van der Waals surface area (Å²) in [6.45, 7) is 1.31. The number of carbonyl (C=O) groups is 2. The van der Waals surface area contributed by atoms with E-state index in [-0.39, 0.29) is 17.7 Å². The van der Waals surface area contributed by atoms with Gasteiger partial charge in [-0.15, -0.1) is 0 Å². The van der Waals surface area contributed by atoms with Crippen LogP contribution in [0.1, 0.15) is 23.2 Å². The highest BCUT2D eigenvalue weighted by atomic mass is 16.2. The molecule has 2 atom stereocenters. The molecule has 6 nitrogen and oxygen atoms in total. The van der Waals surface area contributed by atoms with E-state index in [1.165, 1.54) is 0 Å². The van der Waals surface area contributed by atoms with Gasteiger partial charge >= 0.3 is 0 Å². The van der Waals surface area contributed by atoms with Crippen LogP contribution in [0.3, 0.4) is 0 Å². The molecule has 1 N–H and O–H groups in total. The normalized spacial score (nSPS) is 22.0. The number of aromatic nitrogens is 2. The number of likely N-dealkylation sites (N-methyl/N-ethyl adjacent to an activating group) is 1. The van der Waals surface area contributed by atoms with E-state index in [1.807, 2.05) is 36.8 Å². The molecule has 0 radical (unpaired) electrons. The van der Waals surface area contributed by atoms with Gasteiger partial charge in [-0.05, 0) is 17.5 Å². The minimum absolute atomic E-state index is 0.0792. The van der Waals surface area contributed by atoms with Crippen LogP contribution >= 0.6 is 0 Å². The Hall–Kier alpha value is -2.63. The molecule has 4 rings (SSSR count). The summed E-state index contributed by atoms with van der Waals surface area (Å²) in [6, 6.07) is 7.64. The smallest absolute Gasteiger partial charge is 0.242 e. The number of benzene rings is 1. The lowest BCUT2D eigenvalue weighted by Crippen LogP contribution is -2.54. The second-order valence-corrected chi connectivity index (χ2v) is 6.84. The van der Waals surface area contributed by atoms with E-state index < -0.39 is 6.04 Å². The van der Waals surface area contributed by atoms with E-state index in [0.717, 1.165) is 29.8 Å².